The Morgan fingerprint density at radius 2 is 2.00 bits per heavy atom. The van der Waals surface area contributed by atoms with E-state index < -0.39 is 0 Å². The highest BCUT2D eigenvalue weighted by Crippen LogP contribution is 1.97. The largest absolute Gasteiger partial charge is 0.329 e. The van der Waals surface area contributed by atoms with Crippen molar-refractivity contribution in [3.8, 4) is 0 Å². The molecule has 0 aromatic carbocycles. The number of rotatable bonds is 7. The number of unbranched alkanes of at least 4 members (excludes halogenated alkanes) is 3. The van der Waals surface area contributed by atoms with Gasteiger partial charge in [-0.15, -0.1) is 0 Å². The molecular weight excluding hydrogens is 136 g/mol. The van der Waals surface area contributed by atoms with Crippen molar-refractivity contribution in [3.05, 3.63) is 0 Å². The van der Waals surface area contributed by atoms with E-state index in [1.807, 2.05) is 0 Å². The lowest BCUT2D eigenvalue weighted by Crippen LogP contribution is -2.33. The van der Waals surface area contributed by atoms with E-state index in [9.17, 15) is 0 Å². The van der Waals surface area contributed by atoms with Crippen LogP contribution in [0.3, 0.4) is 0 Å². The third-order valence-corrected chi connectivity index (χ3v) is 1.88. The smallest absolute Gasteiger partial charge is 0.0161 e. The van der Waals surface area contributed by atoms with E-state index in [0.29, 0.717) is 6.04 Å². The molecule has 0 fully saturated rings. The molecule has 0 heterocycles. The van der Waals surface area contributed by atoms with Crippen LogP contribution in [0.5, 0.6) is 0 Å². The van der Waals surface area contributed by atoms with Gasteiger partial charge in [-0.3, -0.25) is 0 Å². The van der Waals surface area contributed by atoms with Crippen molar-refractivity contribution in [2.24, 2.45) is 5.73 Å². The fourth-order valence-electron chi connectivity index (χ4n) is 0.984. The third-order valence-electron chi connectivity index (χ3n) is 1.88. The Labute approximate surface area is 70.5 Å². The van der Waals surface area contributed by atoms with Gasteiger partial charge in [0.05, 0.1) is 0 Å². The van der Waals surface area contributed by atoms with Gasteiger partial charge in [0.25, 0.3) is 0 Å². The van der Waals surface area contributed by atoms with Crippen LogP contribution in [0.25, 0.3) is 0 Å². The van der Waals surface area contributed by atoms with Gasteiger partial charge in [0.2, 0.25) is 0 Å². The zero-order chi connectivity index (χ0) is 8.53. The van der Waals surface area contributed by atoms with E-state index in [2.05, 4.69) is 19.2 Å². The SMILES string of the molecule is CCCCCCNC(C)CN. The van der Waals surface area contributed by atoms with Crippen LogP contribution >= 0.6 is 0 Å². The third kappa shape index (κ3) is 7.82. The molecule has 2 nitrogen and oxygen atoms in total. The van der Waals surface area contributed by atoms with E-state index in [4.69, 9.17) is 5.73 Å². The molecule has 0 amide bonds. The Bertz CT molecular complexity index is 74.0. The lowest BCUT2D eigenvalue weighted by atomic mass is 10.2. The Morgan fingerprint density at radius 1 is 1.27 bits per heavy atom. The summed E-state index contributed by atoms with van der Waals surface area (Å²) in [5, 5.41) is 3.37. The van der Waals surface area contributed by atoms with Crippen LogP contribution in [0.15, 0.2) is 0 Å². The summed E-state index contributed by atoms with van der Waals surface area (Å²) in [6, 6.07) is 0.483. The molecule has 3 N–H and O–H groups in total. The molecule has 0 bridgehead atoms. The number of nitrogens with one attached hydrogen (secondary N) is 1. The first-order chi connectivity index (χ1) is 5.31. The summed E-state index contributed by atoms with van der Waals surface area (Å²) < 4.78 is 0. The molecule has 0 saturated carbocycles. The molecular formula is C9H22N2. The maximum atomic E-state index is 5.45. The summed E-state index contributed by atoms with van der Waals surface area (Å²) in [6.45, 7) is 6.22. The molecule has 0 aliphatic heterocycles. The summed E-state index contributed by atoms with van der Waals surface area (Å²) in [6.07, 6.45) is 5.31. The minimum atomic E-state index is 0.483. The van der Waals surface area contributed by atoms with Gasteiger partial charge in [0.15, 0.2) is 0 Å². The summed E-state index contributed by atoms with van der Waals surface area (Å²) in [4.78, 5) is 0. The van der Waals surface area contributed by atoms with Crippen LogP contribution in [0.2, 0.25) is 0 Å². The topological polar surface area (TPSA) is 38.0 Å². The predicted octanol–water partition coefficient (Wildman–Crippen LogP) is 1.50. The number of nitrogens with two attached hydrogens (primary N) is 1. The highest BCUT2D eigenvalue weighted by Gasteiger charge is 1.95. The summed E-state index contributed by atoms with van der Waals surface area (Å²) in [5.41, 5.74) is 5.45. The Morgan fingerprint density at radius 3 is 2.55 bits per heavy atom. The highest BCUT2D eigenvalue weighted by atomic mass is 14.9. The molecule has 2 heteroatoms. The van der Waals surface area contributed by atoms with Gasteiger partial charge in [-0.05, 0) is 19.9 Å². The minimum Gasteiger partial charge on any atom is -0.329 e. The normalized spacial score (nSPS) is 13.4. The van der Waals surface area contributed by atoms with Crippen LogP contribution in [0, 0.1) is 0 Å². The second-order valence-corrected chi connectivity index (χ2v) is 3.15. The van der Waals surface area contributed by atoms with E-state index in [-0.39, 0.29) is 0 Å². The Hall–Kier alpha value is -0.0800. The molecule has 1 atom stereocenters. The molecule has 0 saturated heterocycles. The zero-order valence-corrected chi connectivity index (χ0v) is 7.90. The first-order valence-corrected chi connectivity index (χ1v) is 4.74. The zero-order valence-electron chi connectivity index (χ0n) is 7.90. The van der Waals surface area contributed by atoms with Crippen molar-refractivity contribution in [1.82, 2.24) is 5.32 Å². The van der Waals surface area contributed by atoms with Crippen molar-refractivity contribution in [3.63, 3.8) is 0 Å². The Kier molecular flexibility index (Phi) is 7.96. The lowest BCUT2D eigenvalue weighted by Gasteiger charge is -2.09. The fraction of sp³-hybridized carbons (Fsp3) is 1.00. The predicted molar refractivity (Wildman–Crippen MR) is 50.7 cm³/mol. The van der Waals surface area contributed by atoms with Crippen molar-refractivity contribution < 1.29 is 0 Å². The van der Waals surface area contributed by atoms with E-state index >= 15 is 0 Å². The minimum absolute atomic E-state index is 0.483. The molecule has 0 aromatic heterocycles. The van der Waals surface area contributed by atoms with Gasteiger partial charge in [-0.2, -0.15) is 0 Å². The second-order valence-electron chi connectivity index (χ2n) is 3.15. The van der Waals surface area contributed by atoms with Gasteiger partial charge in [0, 0.05) is 12.6 Å². The van der Waals surface area contributed by atoms with E-state index in [1.165, 1.54) is 25.7 Å². The highest BCUT2D eigenvalue weighted by molar-refractivity contribution is 4.59. The van der Waals surface area contributed by atoms with Crippen LogP contribution in [0.1, 0.15) is 39.5 Å². The first kappa shape index (κ1) is 10.9. The Balaban J connectivity index is 2.89. The molecule has 0 aliphatic carbocycles. The van der Waals surface area contributed by atoms with Crippen LogP contribution < -0.4 is 11.1 Å². The molecule has 1 unspecified atom stereocenters. The average molecular weight is 158 g/mol. The molecule has 11 heavy (non-hydrogen) atoms. The van der Waals surface area contributed by atoms with Gasteiger partial charge < -0.3 is 11.1 Å². The quantitative estimate of drug-likeness (QED) is 0.551. The van der Waals surface area contributed by atoms with Gasteiger partial charge in [-0.1, -0.05) is 26.2 Å². The van der Waals surface area contributed by atoms with Crippen LogP contribution in [-0.2, 0) is 0 Å². The standard InChI is InChI=1S/C9H22N2/c1-3-4-5-6-7-11-9(2)8-10/h9,11H,3-8,10H2,1-2H3. The van der Waals surface area contributed by atoms with Crippen molar-refractivity contribution in [2.75, 3.05) is 13.1 Å². The van der Waals surface area contributed by atoms with Crippen LogP contribution in [-0.4, -0.2) is 19.1 Å². The maximum absolute atomic E-state index is 5.45. The summed E-state index contributed by atoms with van der Waals surface area (Å²) in [7, 11) is 0. The number of hydrogen-bond acceptors (Lipinski definition) is 2. The van der Waals surface area contributed by atoms with Crippen molar-refractivity contribution >= 4 is 0 Å². The van der Waals surface area contributed by atoms with Gasteiger partial charge in [-0.25, -0.2) is 0 Å². The van der Waals surface area contributed by atoms with Crippen LogP contribution in [0.4, 0.5) is 0 Å². The van der Waals surface area contributed by atoms with Crippen molar-refractivity contribution in [1.29, 1.82) is 0 Å². The lowest BCUT2D eigenvalue weighted by molar-refractivity contribution is 0.526. The van der Waals surface area contributed by atoms with E-state index in [1.54, 1.807) is 0 Å². The molecule has 0 radical (unpaired) electrons. The fourth-order valence-corrected chi connectivity index (χ4v) is 0.984. The molecule has 0 aromatic rings. The maximum Gasteiger partial charge on any atom is 0.0161 e. The van der Waals surface area contributed by atoms with Crippen molar-refractivity contribution in [2.45, 2.75) is 45.6 Å². The van der Waals surface area contributed by atoms with E-state index in [0.717, 1.165) is 13.1 Å². The molecule has 0 aliphatic rings. The second kappa shape index (κ2) is 8.02. The summed E-state index contributed by atoms with van der Waals surface area (Å²) >= 11 is 0. The molecule has 0 spiro atoms. The summed E-state index contributed by atoms with van der Waals surface area (Å²) in [5.74, 6) is 0. The molecule has 68 valence electrons. The van der Waals surface area contributed by atoms with Gasteiger partial charge in [0.1, 0.15) is 0 Å². The molecule has 0 rings (SSSR count). The number of hydrogen-bond donors (Lipinski definition) is 2. The average Bonchev–Trinajstić information content (AvgIpc) is 2.04. The first-order valence-electron chi connectivity index (χ1n) is 4.74. The monoisotopic (exact) mass is 158 g/mol. The van der Waals surface area contributed by atoms with Gasteiger partial charge >= 0.3 is 0 Å².